The van der Waals surface area contributed by atoms with Gasteiger partial charge in [0.2, 0.25) is 65.0 Å². The van der Waals surface area contributed by atoms with Crippen molar-refractivity contribution >= 4 is 70.9 Å². The van der Waals surface area contributed by atoms with Crippen LogP contribution in [-0.4, -0.2) is 144 Å². The number of hydrogen-bond acceptors (Lipinski definition) is 13. The van der Waals surface area contributed by atoms with Gasteiger partial charge in [0.1, 0.15) is 48.3 Å². The van der Waals surface area contributed by atoms with E-state index in [9.17, 15) is 62.6 Å². The van der Waals surface area contributed by atoms with Gasteiger partial charge in [-0.3, -0.25) is 57.5 Å². The van der Waals surface area contributed by atoms with Gasteiger partial charge in [0.15, 0.2) is 0 Å². The average molecular weight is 899 g/mol. The van der Waals surface area contributed by atoms with E-state index in [0.717, 1.165) is 0 Å². The molecule has 0 saturated heterocycles. The zero-order chi connectivity index (χ0) is 48.6. The molecule has 11 amide bonds. The van der Waals surface area contributed by atoms with E-state index >= 15 is 0 Å². The van der Waals surface area contributed by atoms with E-state index in [1.165, 1.54) is 41.5 Å². The number of rotatable bonds is 29. The lowest BCUT2D eigenvalue weighted by Crippen LogP contribution is -2.58. The number of hydrogen-bond donors (Lipinski definition) is 13. The van der Waals surface area contributed by atoms with E-state index in [1.54, 1.807) is 0 Å². The van der Waals surface area contributed by atoms with Gasteiger partial charge in [0.05, 0.1) is 13.1 Å². The average Bonchev–Trinajstić information content (AvgIpc) is 3.19. The Labute approximate surface area is 365 Å². The Kier molecular flexibility index (Phi) is 26.1. The van der Waals surface area contributed by atoms with Gasteiger partial charge in [-0.1, -0.05) is 13.8 Å². The van der Waals surface area contributed by atoms with Crippen molar-refractivity contribution in [1.82, 2.24) is 53.2 Å². The van der Waals surface area contributed by atoms with Crippen molar-refractivity contribution in [1.29, 1.82) is 0 Å². The first-order valence-corrected chi connectivity index (χ1v) is 20.4. The topological polar surface area (TPSA) is 397 Å². The van der Waals surface area contributed by atoms with Crippen LogP contribution in [0.3, 0.4) is 0 Å². The molecule has 0 aromatic carbocycles. The molecule has 63 heavy (non-hydrogen) atoms. The minimum Gasteiger partial charge on any atom is -0.481 e. The second-order valence-electron chi connectivity index (χ2n) is 15.3. The summed E-state index contributed by atoms with van der Waals surface area (Å²) in [6.07, 6.45) is 0.337. The summed E-state index contributed by atoms with van der Waals surface area (Å²) < 4.78 is 0. The zero-order valence-corrected chi connectivity index (χ0v) is 37.1. The molecule has 8 atom stereocenters. The number of carboxylic acid groups (broad SMARTS) is 1. The van der Waals surface area contributed by atoms with Crippen molar-refractivity contribution in [3.63, 3.8) is 0 Å². The molecule has 0 bridgehead atoms. The molecule has 0 aliphatic carbocycles. The Hall–Kier alpha value is -6.40. The molecule has 15 N–H and O–H groups in total. The van der Waals surface area contributed by atoms with Crippen molar-refractivity contribution in [3.8, 4) is 0 Å². The third-order valence-corrected chi connectivity index (χ3v) is 8.95. The quantitative estimate of drug-likeness (QED) is 0.0312. The van der Waals surface area contributed by atoms with Crippen molar-refractivity contribution in [2.75, 3.05) is 19.6 Å². The minimum absolute atomic E-state index is 0.0378. The van der Waals surface area contributed by atoms with E-state index in [1.807, 2.05) is 13.8 Å². The van der Waals surface area contributed by atoms with Crippen molar-refractivity contribution in [2.24, 2.45) is 17.4 Å². The van der Waals surface area contributed by atoms with Crippen molar-refractivity contribution in [2.45, 2.75) is 142 Å². The molecule has 0 aliphatic rings. The number of carbonyl (C=O) groups excluding carboxylic acids is 11. The smallest absolute Gasteiger partial charge is 0.303 e. The number of aliphatic carboxylic acids is 1. The van der Waals surface area contributed by atoms with E-state index in [4.69, 9.17) is 11.5 Å². The lowest BCUT2D eigenvalue weighted by molar-refractivity contribution is -0.138. The number of unbranched alkanes of at least 4 members (excludes halogenated alkanes) is 1. The summed E-state index contributed by atoms with van der Waals surface area (Å²) in [5.41, 5.74) is 10.7. The first-order valence-electron chi connectivity index (χ1n) is 20.4. The maximum absolute atomic E-state index is 13.2. The Bertz CT molecular complexity index is 1660. The largest absolute Gasteiger partial charge is 0.481 e. The second kappa shape index (κ2) is 29.0. The molecule has 0 radical (unpaired) electrons. The van der Waals surface area contributed by atoms with Crippen LogP contribution in [0.1, 0.15) is 93.9 Å². The molecule has 0 saturated carbocycles. The molecule has 0 fully saturated rings. The van der Waals surface area contributed by atoms with Gasteiger partial charge in [-0.15, -0.1) is 0 Å². The first kappa shape index (κ1) is 56.6. The van der Waals surface area contributed by atoms with E-state index in [2.05, 4.69) is 53.2 Å². The maximum atomic E-state index is 13.2. The number of primary amides is 1. The van der Waals surface area contributed by atoms with Gasteiger partial charge in [0.25, 0.3) is 0 Å². The molecule has 0 aromatic heterocycles. The molecule has 356 valence electrons. The maximum Gasteiger partial charge on any atom is 0.303 e. The summed E-state index contributed by atoms with van der Waals surface area (Å²) >= 11 is 0. The monoisotopic (exact) mass is 898 g/mol. The molecule has 0 unspecified atom stereocenters. The molecule has 0 aliphatic heterocycles. The molecule has 0 rings (SSSR count). The van der Waals surface area contributed by atoms with Crippen LogP contribution in [0, 0.1) is 5.92 Å². The van der Waals surface area contributed by atoms with Crippen molar-refractivity contribution < 1.29 is 62.6 Å². The standard InChI is InChI=1S/C38H66N12O13/c1-18(2)15-27(48-29(53)16-41-24(8)51)38(63)46-20(4)32(57)42-17-28(52)43-21(5)34(59)50-26(12-13-30(54)55)37(62)47-22(6)33(58)45-23(7)35(60)49-25(11-9-10-14-39)36(61)44-19(3)31(40)56/h18-23,25-27H,9-17,39H2,1-8H3,(H2,40,56)(H,41,51)(H,42,57)(H,43,52)(H,44,61)(H,45,58)(H,46,63)(H,47,62)(H,48,53)(H,49,60)(H,50,59)(H,54,55)/t19-,20-,21-,22-,23-,25-,26-,27-/m0/s1. The lowest BCUT2D eigenvalue weighted by atomic mass is 10.0. The van der Waals surface area contributed by atoms with Gasteiger partial charge in [0, 0.05) is 13.3 Å². The fourth-order valence-electron chi connectivity index (χ4n) is 5.27. The SMILES string of the molecule is CC(=O)NCC(=O)N[C@@H](CC(C)C)C(=O)N[C@@H](C)C(=O)NCC(=O)N[C@@H](C)C(=O)N[C@@H](CCC(=O)O)C(=O)N[C@@H](C)C(=O)N[C@@H](C)C(=O)N[C@@H](CCCCN)C(=O)N[C@@H](C)C(N)=O. The number of nitrogens with two attached hydrogens (primary N) is 2. The van der Waals surface area contributed by atoms with Gasteiger partial charge in [-0.2, -0.15) is 0 Å². The predicted octanol–water partition coefficient (Wildman–Crippen LogP) is -5.26. The molecule has 0 aromatic rings. The number of carbonyl (C=O) groups is 12. The normalized spacial score (nSPS) is 14.6. The first-order chi connectivity index (χ1) is 29.3. The minimum atomic E-state index is -1.52. The summed E-state index contributed by atoms with van der Waals surface area (Å²) in [7, 11) is 0. The fourth-order valence-corrected chi connectivity index (χ4v) is 5.27. The summed E-state index contributed by atoms with van der Waals surface area (Å²) in [6.45, 7) is 10.7. The second-order valence-corrected chi connectivity index (χ2v) is 15.3. The Morgan fingerprint density at radius 3 is 1.37 bits per heavy atom. The molecule has 0 spiro atoms. The summed E-state index contributed by atoms with van der Waals surface area (Å²) in [6, 6.07) is -9.75. The zero-order valence-electron chi connectivity index (χ0n) is 37.1. The van der Waals surface area contributed by atoms with Crippen LogP contribution in [0.4, 0.5) is 0 Å². The lowest BCUT2D eigenvalue weighted by Gasteiger charge is -2.24. The highest BCUT2D eigenvalue weighted by atomic mass is 16.4. The number of carboxylic acids is 1. The Morgan fingerprint density at radius 1 is 0.476 bits per heavy atom. The summed E-state index contributed by atoms with van der Waals surface area (Å²) in [5, 5.41) is 33.1. The van der Waals surface area contributed by atoms with Crippen LogP contribution in [0.2, 0.25) is 0 Å². The van der Waals surface area contributed by atoms with Gasteiger partial charge < -0.3 is 69.7 Å². The highest BCUT2D eigenvalue weighted by molar-refractivity contribution is 5.98. The van der Waals surface area contributed by atoms with Crippen LogP contribution < -0.4 is 64.6 Å². The summed E-state index contributed by atoms with van der Waals surface area (Å²) in [4.78, 5) is 149. The third-order valence-electron chi connectivity index (χ3n) is 8.95. The van der Waals surface area contributed by atoms with Crippen LogP contribution in [0.15, 0.2) is 0 Å². The van der Waals surface area contributed by atoms with Crippen LogP contribution >= 0.6 is 0 Å². The highest BCUT2D eigenvalue weighted by Crippen LogP contribution is 2.06. The Balaban J connectivity index is 5.40. The number of amides is 11. The molecule has 25 nitrogen and oxygen atoms in total. The van der Waals surface area contributed by atoms with E-state index < -0.39 is 139 Å². The van der Waals surface area contributed by atoms with Crippen LogP contribution in [0.25, 0.3) is 0 Å². The molecule has 25 heteroatoms. The van der Waals surface area contributed by atoms with E-state index in [0.29, 0.717) is 19.4 Å². The Morgan fingerprint density at radius 2 is 0.889 bits per heavy atom. The third kappa shape index (κ3) is 24.0. The van der Waals surface area contributed by atoms with Crippen LogP contribution in [-0.2, 0) is 57.5 Å². The van der Waals surface area contributed by atoms with Gasteiger partial charge in [-0.05, 0) is 79.2 Å². The highest BCUT2D eigenvalue weighted by Gasteiger charge is 2.31. The number of nitrogens with one attached hydrogen (secondary N) is 10. The molecule has 0 heterocycles. The van der Waals surface area contributed by atoms with Crippen molar-refractivity contribution in [3.05, 3.63) is 0 Å². The van der Waals surface area contributed by atoms with Crippen LogP contribution in [0.5, 0.6) is 0 Å². The predicted molar refractivity (Wildman–Crippen MR) is 224 cm³/mol. The molecular weight excluding hydrogens is 832 g/mol. The summed E-state index contributed by atoms with van der Waals surface area (Å²) in [5.74, 6) is -9.79. The van der Waals surface area contributed by atoms with Gasteiger partial charge >= 0.3 is 5.97 Å². The molecular formula is C38H66N12O13. The van der Waals surface area contributed by atoms with E-state index in [-0.39, 0.29) is 25.3 Å². The van der Waals surface area contributed by atoms with Gasteiger partial charge in [-0.25, -0.2) is 0 Å². The fraction of sp³-hybridized carbons (Fsp3) is 0.684.